The highest BCUT2D eigenvalue weighted by atomic mass is 31.1. The molecular weight excluding hydrogens is 355 g/mol. The van der Waals surface area contributed by atoms with E-state index in [1.54, 1.807) is 0 Å². The molecule has 0 aliphatic carbocycles. The summed E-state index contributed by atoms with van der Waals surface area (Å²) in [5.74, 6) is 0. The van der Waals surface area contributed by atoms with E-state index in [1.807, 2.05) is 0 Å². The normalized spacial score (nSPS) is 11.4. The molecule has 0 aliphatic heterocycles. The minimum atomic E-state index is -0.611. The van der Waals surface area contributed by atoms with Crippen LogP contribution in [0.1, 0.15) is 5.56 Å². The Hall–Kier alpha value is -2.95. The van der Waals surface area contributed by atoms with Gasteiger partial charge in [0.05, 0.1) is 0 Å². The van der Waals surface area contributed by atoms with E-state index >= 15 is 0 Å². The molecule has 0 aliphatic rings. The van der Waals surface area contributed by atoms with Crippen LogP contribution in [0.3, 0.4) is 0 Å². The number of hydrogen-bond acceptors (Lipinski definition) is 0. The lowest BCUT2D eigenvalue weighted by Crippen LogP contribution is -2.21. The lowest BCUT2D eigenvalue weighted by molar-refractivity contribution is 1.54. The van der Waals surface area contributed by atoms with E-state index in [-0.39, 0.29) is 0 Å². The van der Waals surface area contributed by atoms with Crippen molar-refractivity contribution in [2.75, 3.05) is 0 Å². The van der Waals surface area contributed by atoms with Gasteiger partial charge in [-0.1, -0.05) is 97.1 Å². The number of rotatable bonds is 3. The van der Waals surface area contributed by atoms with Gasteiger partial charge < -0.3 is 0 Å². The highest BCUT2D eigenvalue weighted by Gasteiger charge is 2.18. The summed E-state index contributed by atoms with van der Waals surface area (Å²) in [7, 11) is -0.611. The average Bonchev–Trinajstić information content (AvgIpc) is 2.75. The van der Waals surface area contributed by atoms with Crippen LogP contribution in [-0.2, 0) is 0 Å². The first-order chi connectivity index (χ1) is 13.8. The van der Waals surface area contributed by atoms with Crippen molar-refractivity contribution in [1.82, 2.24) is 0 Å². The monoisotopic (exact) mass is 376 g/mol. The Morgan fingerprint density at radius 1 is 0.500 bits per heavy atom. The van der Waals surface area contributed by atoms with Crippen molar-refractivity contribution < 1.29 is 0 Å². The minimum Gasteiger partial charge on any atom is -0.0622 e. The Morgan fingerprint density at radius 2 is 1.07 bits per heavy atom. The molecule has 0 fully saturated rings. The molecule has 0 bridgehead atoms. The van der Waals surface area contributed by atoms with Crippen LogP contribution in [-0.4, -0.2) is 0 Å². The first-order valence-corrected chi connectivity index (χ1v) is 11.0. The van der Waals surface area contributed by atoms with E-state index in [2.05, 4.69) is 116 Å². The second-order valence-electron chi connectivity index (χ2n) is 7.15. The molecule has 28 heavy (non-hydrogen) atoms. The van der Waals surface area contributed by atoms with Gasteiger partial charge in [-0.2, -0.15) is 0 Å². The number of benzene rings is 5. The molecule has 5 aromatic carbocycles. The lowest BCUT2D eigenvalue weighted by atomic mass is 10.0. The maximum Gasteiger partial charge on any atom is -0.00724 e. The molecule has 134 valence electrons. The van der Waals surface area contributed by atoms with E-state index in [0.717, 1.165) is 0 Å². The van der Waals surface area contributed by atoms with Crippen molar-refractivity contribution in [1.29, 1.82) is 0 Å². The van der Waals surface area contributed by atoms with Crippen LogP contribution in [0.25, 0.3) is 21.5 Å². The van der Waals surface area contributed by atoms with Crippen LogP contribution in [0, 0.1) is 6.92 Å². The zero-order chi connectivity index (χ0) is 18.9. The molecule has 0 heterocycles. The van der Waals surface area contributed by atoms with Gasteiger partial charge in [0.15, 0.2) is 0 Å². The van der Waals surface area contributed by atoms with Crippen molar-refractivity contribution in [3.63, 3.8) is 0 Å². The first kappa shape index (κ1) is 17.2. The van der Waals surface area contributed by atoms with Crippen molar-refractivity contribution >= 4 is 45.4 Å². The maximum absolute atomic E-state index is 2.40. The molecule has 5 aromatic rings. The van der Waals surface area contributed by atoms with Gasteiger partial charge in [0, 0.05) is 0 Å². The predicted octanol–water partition coefficient (Wildman–Crippen LogP) is 6.06. The fourth-order valence-corrected chi connectivity index (χ4v) is 6.43. The topological polar surface area (TPSA) is 0 Å². The van der Waals surface area contributed by atoms with Crippen LogP contribution < -0.4 is 15.9 Å². The van der Waals surface area contributed by atoms with E-state index < -0.39 is 7.92 Å². The summed E-state index contributed by atoms with van der Waals surface area (Å²) in [6, 6.07) is 39.9. The maximum atomic E-state index is 2.40. The molecule has 0 aromatic heterocycles. The molecule has 0 spiro atoms. The van der Waals surface area contributed by atoms with Gasteiger partial charge >= 0.3 is 0 Å². The van der Waals surface area contributed by atoms with Gasteiger partial charge in [-0.3, -0.25) is 0 Å². The van der Waals surface area contributed by atoms with Crippen LogP contribution in [0.15, 0.2) is 109 Å². The number of aryl methyl sites for hydroxylation is 1. The molecule has 5 rings (SSSR count). The second-order valence-corrected chi connectivity index (χ2v) is 9.34. The fourth-order valence-electron chi connectivity index (χ4n) is 3.97. The van der Waals surface area contributed by atoms with E-state index in [1.165, 1.54) is 43.0 Å². The van der Waals surface area contributed by atoms with Gasteiger partial charge in [0.25, 0.3) is 0 Å². The van der Waals surface area contributed by atoms with Crippen molar-refractivity contribution in [2.45, 2.75) is 6.92 Å². The average molecular weight is 376 g/mol. The Kier molecular flexibility index (Phi) is 4.43. The van der Waals surface area contributed by atoms with E-state index in [4.69, 9.17) is 0 Å². The molecule has 0 nitrogen and oxygen atoms in total. The van der Waals surface area contributed by atoms with Crippen LogP contribution >= 0.6 is 7.92 Å². The molecule has 0 N–H and O–H groups in total. The van der Waals surface area contributed by atoms with E-state index in [0.29, 0.717) is 0 Å². The summed E-state index contributed by atoms with van der Waals surface area (Å²) in [6.07, 6.45) is 0. The number of fused-ring (bicyclic) bond motifs is 2. The molecule has 1 heteroatoms. The summed E-state index contributed by atoms with van der Waals surface area (Å²) in [6.45, 7) is 2.20. The summed E-state index contributed by atoms with van der Waals surface area (Å²) < 4.78 is 0. The van der Waals surface area contributed by atoms with Crippen molar-refractivity contribution in [2.24, 2.45) is 0 Å². The third kappa shape index (κ3) is 3.01. The van der Waals surface area contributed by atoms with Crippen LogP contribution in [0.5, 0.6) is 0 Å². The molecular formula is C27H21P. The summed E-state index contributed by atoms with van der Waals surface area (Å²) >= 11 is 0. The van der Waals surface area contributed by atoms with Gasteiger partial charge in [-0.25, -0.2) is 0 Å². The second kappa shape index (κ2) is 7.23. The van der Waals surface area contributed by atoms with E-state index in [9.17, 15) is 0 Å². The van der Waals surface area contributed by atoms with Gasteiger partial charge in [0.1, 0.15) is 0 Å². The van der Waals surface area contributed by atoms with Crippen molar-refractivity contribution in [3.05, 3.63) is 115 Å². The van der Waals surface area contributed by atoms with Gasteiger partial charge in [-0.15, -0.1) is 0 Å². The minimum absolute atomic E-state index is 0.611. The summed E-state index contributed by atoms with van der Waals surface area (Å²) in [4.78, 5) is 0. The standard InChI is InChI=1S/C27H21P/c1-20-10-8-11-21-18-22-12-9-17-27(26(22)19-25(20)21)28(23-13-4-2-5-14-23)24-15-6-3-7-16-24/h2-19H,1H3. The molecule has 0 saturated heterocycles. The smallest absolute Gasteiger partial charge is 0.00724 e. The fraction of sp³-hybridized carbons (Fsp3) is 0.0370. The molecule has 0 atom stereocenters. The van der Waals surface area contributed by atoms with Crippen LogP contribution in [0.4, 0.5) is 0 Å². The van der Waals surface area contributed by atoms with Gasteiger partial charge in [-0.05, 0) is 70.0 Å². The summed E-state index contributed by atoms with van der Waals surface area (Å²) in [5.41, 5.74) is 1.33. The Bertz CT molecular complexity index is 1220. The highest BCUT2D eigenvalue weighted by molar-refractivity contribution is 7.80. The SMILES string of the molecule is Cc1cccc2cc3cccc(P(c4ccccc4)c4ccccc4)c3cc12. The third-order valence-electron chi connectivity index (χ3n) is 5.34. The Labute approximate surface area is 167 Å². The van der Waals surface area contributed by atoms with Crippen molar-refractivity contribution in [3.8, 4) is 0 Å². The predicted molar refractivity (Wildman–Crippen MR) is 125 cm³/mol. The Morgan fingerprint density at radius 3 is 1.71 bits per heavy atom. The quantitative estimate of drug-likeness (QED) is 0.265. The van der Waals surface area contributed by atoms with Gasteiger partial charge in [0.2, 0.25) is 0 Å². The highest BCUT2D eigenvalue weighted by Crippen LogP contribution is 2.36. The molecule has 0 radical (unpaired) electrons. The lowest BCUT2D eigenvalue weighted by Gasteiger charge is -2.21. The summed E-state index contributed by atoms with van der Waals surface area (Å²) in [5, 5.41) is 9.54. The molecule has 0 unspecified atom stereocenters. The first-order valence-electron chi connectivity index (χ1n) is 9.63. The zero-order valence-electron chi connectivity index (χ0n) is 15.8. The molecule has 0 amide bonds. The Balaban J connectivity index is 1.83. The largest absolute Gasteiger partial charge is 0.0622 e. The van der Waals surface area contributed by atoms with Crippen LogP contribution in [0.2, 0.25) is 0 Å². The molecule has 0 saturated carbocycles. The zero-order valence-corrected chi connectivity index (χ0v) is 16.7. The number of hydrogen-bond donors (Lipinski definition) is 0. The third-order valence-corrected chi connectivity index (χ3v) is 7.84.